The van der Waals surface area contributed by atoms with Gasteiger partial charge in [-0.3, -0.25) is 0 Å². The molecule has 250 valence electrons. The molecule has 54 heavy (non-hydrogen) atoms. The van der Waals surface area contributed by atoms with Crippen molar-refractivity contribution in [3.63, 3.8) is 0 Å². The zero-order valence-corrected chi connectivity index (χ0v) is 28.9. The van der Waals surface area contributed by atoms with E-state index < -0.39 is 0 Å². The minimum absolute atomic E-state index is 0.640. The van der Waals surface area contributed by atoms with Crippen molar-refractivity contribution in [2.75, 3.05) is 0 Å². The third-order valence-corrected chi connectivity index (χ3v) is 11.0. The molecule has 5 nitrogen and oxygen atoms in total. The summed E-state index contributed by atoms with van der Waals surface area (Å²) < 4.78 is 8.89. The van der Waals surface area contributed by atoms with E-state index in [0.717, 1.165) is 66.5 Å². The van der Waals surface area contributed by atoms with Crippen LogP contribution in [0.5, 0.6) is 0 Å². The van der Waals surface area contributed by atoms with Crippen LogP contribution in [0.3, 0.4) is 0 Å². The fourth-order valence-corrected chi connectivity index (χ4v) is 8.65. The van der Waals surface area contributed by atoms with Crippen LogP contribution in [0, 0.1) is 0 Å². The van der Waals surface area contributed by atoms with Crippen molar-refractivity contribution in [1.29, 1.82) is 0 Å². The molecule has 8 aromatic carbocycles. The number of hydrogen-bond acceptors (Lipinski definition) is 4. The molecule has 0 aliphatic heterocycles. The molecular formula is C49H28N4O. The summed E-state index contributed by atoms with van der Waals surface area (Å²) in [5.74, 6) is 1.92. The van der Waals surface area contributed by atoms with Crippen LogP contribution in [0.4, 0.5) is 0 Å². The minimum atomic E-state index is 0.640. The summed E-state index contributed by atoms with van der Waals surface area (Å²) in [5.41, 5.74) is 12.6. The van der Waals surface area contributed by atoms with Crippen LogP contribution >= 0.6 is 0 Å². The molecule has 12 rings (SSSR count). The smallest absolute Gasteiger partial charge is 0.164 e. The van der Waals surface area contributed by atoms with E-state index in [1.165, 1.54) is 32.7 Å². The van der Waals surface area contributed by atoms with Crippen LogP contribution in [0.1, 0.15) is 0 Å². The first-order chi connectivity index (χ1) is 26.8. The molecule has 0 bridgehead atoms. The lowest BCUT2D eigenvalue weighted by Crippen LogP contribution is -2.03. The number of nitrogens with zero attached hydrogens (tertiary/aromatic N) is 4. The second-order valence-electron chi connectivity index (χ2n) is 13.9. The molecule has 0 saturated heterocycles. The van der Waals surface area contributed by atoms with Crippen molar-refractivity contribution in [3.8, 4) is 62.1 Å². The van der Waals surface area contributed by atoms with Crippen molar-refractivity contribution >= 4 is 54.5 Å². The summed E-state index contributed by atoms with van der Waals surface area (Å²) in [6.45, 7) is 0. The molecule has 0 unspecified atom stereocenters. The van der Waals surface area contributed by atoms with E-state index in [2.05, 4.69) is 126 Å². The summed E-state index contributed by atoms with van der Waals surface area (Å²) in [7, 11) is 0. The molecule has 0 N–H and O–H groups in total. The van der Waals surface area contributed by atoms with Gasteiger partial charge in [0, 0.05) is 55.4 Å². The van der Waals surface area contributed by atoms with Gasteiger partial charge in [-0.15, -0.1) is 0 Å². The Morgan fingerprint density at radius 3 is 1.76 bits per heavy atom. The standard InChI is InChI=1S/C49H28N4O/c1-3-13-30(14-4-1)47-50-48(31-15-5-2-6-16-31)52-49(51-47)36-25-26-40(46-35-22-12-18-29-17-11-21-34(44(29)35)45(36)46)53-39-23-9-7-19-32(39)37-27-38-33-20-8-10-24-42(33)54-43(38)28-41(37)53/h1-28H. The zero-order chi connectivity index (χ0) is 35.3. The summed E-state index contributed by atoms with van der Waals surface area (Å²) in [6.07, 6.45) is 0. The maximum Gasteiger partial charge on any atom is 0.164 e. The van der Waals surface area contributed by atoms with E-state index in [0.29, 0.717) is 17.5 Å². The van der Waals surface area contributed by atoms with Crippen LogP contribution in [0.2, 0.25) is 0 Å². The molecule has 0 saturated carbocycles. The summed E-state index contributed by atoms with van der Waals surface area (Å²) >= 11 is 0. The Balaban J connectivity index is 1.19. The second kappa shape index (κ2) is 11.1. The van der Waals surface area contributed by atoms with Crippen LogP contribution < -0.4 is 0 Å². The van der Waals surface area contributed by atoms with Gasteiger partial charge in [0.15, 0.2) is 17.5 Å². The Hall–Kier alpha value is -7.37. The van der Waals surface area contributed by atoms with Crippen LogP contribution in [0.15, 0.2) is 174 Å². The molecule has 0 radical (unpaired) electrons. The fourth-order valence-electron chi connectivity index (χ4n) is 8.65. The summed E-state index contributed by atoms with van der Waals surface area (Å²) in [4.78, 5) is 15.4. The van der Waals surface area contributed by atoms with Gasteiger partial charge in [0.2, 0.25) is 0 Å². The maximum absolute atomic E-state index is 6.47. The van der Waals surface area contributed by atoms with Gasteiger partial charge >= 0.3 is 0 Å². The van der Waals surface area contributed by atoms with Gasteiger partial charge in [0.05, 0.1) is 16.7 Å². The van der Waals surface area contributed by atoms with E-state index in [9.17, 15) is 0 Å². The summed E-state index contributed by atoms with van der Waals surface area (Å²) in [5, 5.41) is 7.08. The number of aromatic nitrogens is 4. The Morgan fingerprint density at radius 1 is 0.389 bits per heavy atom. The first-order valence-corrected chi connectivity index (χ1v) is 18.2. The number of hydrogen-bond donors (Lipinski definition) is 0. The van der Waals surface area contributed by atoms with Crippen LogP contribution in [-0.4, -0.2) is 19.5 Å². The molecule has 3 aromatic heterocycles. The number of benzene rings is 8. The Labute approximate surface area is 309 Å². The number of para-hydroxylation sites is 2. The highest BCUT2D eigenvalue weighted by atomic mass is 16.3. The average Bonchev–Trinajstić information content (AvgIpc) is 3.89. The highest BCUT2D eigenvalue weighted by Crippen LogP contribution is 2.54. The van der Waals surface area contributed by atoms with Gasteiger partial charge in [-0.25, -0.2) is 15.0 Å². The monoisotopic (exact) mass is 688 g/mol. The second-order valence-corrected chi connectivity index (χ2v) is 13.9. The molecule has 11 aromatic rings. The van der Waals surface area contributed by atoms with Gasteiger partial charge < -0.3 is 8.98 Å². The molecule has 0 fully saturated rings. The van der Waals surface area contributed by atoms with E-state index >= 15 is 0 Å². The number of rotatable bonds is 4. The van der Waals surface area contributed by atoms with E-state index in [-0.39, 0.29) is 0 Å². The van der Waals surface area contributed by atoms with Crippen molar-refractivity contribution in [2.24, 2.45) is 0 Å². The Morgan fingerprint density at radius 2 is 1.02 bits per heavy atom. The van der Waals surface area contributed by atoms with Crippen molar-refractivity contribution in [1.82, 2.24) is 19.5 Å². The van der Waals surface area contributed by atoms with Gasteiger partial charge in [0.1, 0.15) is 11.2 Å². The molecule has 1 aliphatic rings. The highest BCUT2D eigenvalue weighted by molar-refractivity contribution is 6.22. The van der Waals surface area contributed by atoms with Crippen molar-refractivity contribution in [3.05, 3.63) is 170 Å². The summed E-state index contributed by atoms with van der Waals surface area (Å²) in [6, 6.07) is 59.6. The third kappa shape index (κ3) is 4.12. The molecule has 5 heteroatoms. The molecule has 0 atom stereocenters. The van der Waals surface area contributed by atoms with Crippen LogP contribution in [0.25, 0.3) is 117 Å². The molecular weight excluding hydrogens is 661 g/mol. The largest absolute Gasteiger partial charge is 0.456 e. The van der Waals surface area contributed by atoms with Gasteiger partial charge in [-0.2, -0.15) is 0 Å². The predicted molar refractivity (Wildman–Crippen MR) is 220 cm³/mol. The first-order valence-electron chi connectivity index (χ1n) is 18.2. The van der Waals surface area contributed by atoms with E-state index in [1.54, 1.807) is 0 Å². The lowest BCUT2D eigenvalue weighted by molar-refractivity contribution is 0.669. The molecule has 1 aliphatic carbocycles. The van der Waals surface area contributed by atoms with Gasteiger partial charge in [-0.05, 0) is 52.2 Å². The first kappa shape index (κ1) is 29.2. The fraction of sp³-hybridized carbons (Fsp3) is 0. The topological polar surface area (TPSA) is 56.7 Å². The molecule has 0 spiro atoms. The van der Waals surface area contributed by atoms with E-state index in [1.807, 2.05) is 48.5 Å². The Bertz CT molecular complexity index is 3260. The predicted octanol–water partition coefficient (Wildman–Crippen LogP) is 12.7. The van der Waals surface area contributed by atoms with Gasteiger partial charge in [-0.1, -0.05) is 133 Å². The highest BCUT2D eigenvalue weighted by Gasteiger charge is 2.30. The van der Waals surface area contributed by atoms with Gasteiger partial charge in [0.25, 0.3) is 0 Å². The third-order valence-electron chi connectivity index (χ3n) is 11.0. The average molecular weight is 689 g/mol. The normalized spacial score (nSPS) is 12.1. The SMILES string of the molecule is c1ccc(-c2nc(-c3ccccc3)nc(-c3ccc(-n4c5ccccc5c5cc6c(cc54)oc4ccccc46)c4c3-c3cccc5cccc-4c35)n2)cc1. The number of furan rings is 1. The molecule has 3 heterocycles. The van der Waals surface area contributed by atoms with Crippen molar-refractivity contribution in [2.45, 2.75) is 0 Å². The lowest BCUT2D eigenvalue weighted by Gasteiger charge is -2.17. The lowest BCUT2D eigenvalue weighted by atomic mass is 9.95. The maximum atomic E-state index is 6.47. The minimum Gasteiger partial charge on any atom is -0.456 e. The molecule has 0 amide bonds. The zero-order valence-electron chi connectivity index (χ0n) is 28.9. The van der Waals surface area contributed by atoms with Crippen LogP contribution in [-0.2, 0) is 0 Å². The Kier molecular flexibility index (Phi) is 5.99. The van der Waals surface area contributed by atoms with Crippen molar-refractivity contribution < 1.29 is 4.42 Å². The van der Waals surface area contributed by atoms with E-state index in [4.69, 9.17) is 19.4 Å². The number of fused-ring (bicyclic) bond motifs is 9. The quantitative estimate of drug-likeness (QED) is 0.185.